The van der Waals surface area contributed by atoms with Crippen molar-refractivity contribution in [2.45, 2.75) is 38.3 Å². The normalized spacial score (nSPS) is 21.4. The molecule has 0 aliphatic carbocycles. The third kappa shape index (κ3) is 4.54. The average Bonchev–Trinajstić information content (AvgIpc) is 3.38. The number of cyclic esters (lactones) is 1. The van der Waals surface area contributed by atoms with Crippen LogP contribution >= 0.6 is 0 Å². The van der Waals surface area contributed by atoms with Crippen LogP contribution in [0.1, 0.15) is 24.8 Å². The number of rotatable bonds is 7. The lowest BCUT2D eigenvalue weighted by molar-refractivity contribution is -0.168. The Morgan fingerprint density at radius 2 is 2.30 bits per heavy atom. The Balaban J connectivity index is 1.41. The van der Waals surface area contributed by atoms with E-state index < -0.39 is 18.0 Å². The first-order valence-corrected chi connectivity index (χ1v) is 9.70. The van der Waals surface area contributed by atoms with Gasteiger partial charge in [0.25, 0.3) is 0 Å². The molecule has 0 spiro atoms. The van der Waals surface area contributed by atoms with Crippen LogP contribution in [-0.2, 0) is 20.8 Å². The molecule has 1 amide bonds. The number of hydrogen-bond donors (Lipinski definition) is 0. The van der Waals surface area contributed by atoms with Gasteiger partial charge in [-0.05, 0) is 43.0 Å². The number of aromatic nitrogens is 2. The van der Waals surface area contributed by atoms with Crippen LogP contribution in [0.5, 0.6) is 0 Å². The van der Waals surface area contributed by atoms with Crippen LogP contribution in [0.25, 0.3) is 16.1 Å². The first-order valence-electron chi connectivity index (χ1n) is 9.70. The molecule has 10 nitrogen and oxygen atoms in total. The lowest BCUT2D eigenvalue weighted by atomic mass is 10.2. The molecule has 0 bridgehead atoms. The zero-order valence-electron chi connectivity index (χ0n) is 16.2. The molecule has 4 rings (SSSR count). The van der Waals surface area contributed by atoms with Crippen LogP contribution in [0.2, 0.25) is 0 Å². The number of anilines is 1. The zero-order chi connectivity index (χ0) is 20.9. The number of carbonyl (C=O) groups is 1. The van der Waals surface area contributed by atoms with E-state index in [-0.39, 0.29) is 25.1 Å². The SMILES string of the molecule is [N-]=[N+]=NCC1CN(c2ccc(-n3cc(COC4CCCCO4)cn3)c(F)c2)C(=O)O1. The summed E-state index contributed by atoms with van der Waals surface area (Å²) in [4.78, 5) is 16.0. The summed E-state index contributed by atoms with van der Waals surface area (Å²) in [6.07, 6.45) is 4.94. The van der Waals surface area contributed by atoms with Gasteiger partial charge in [-0.1, -0.05) is 5.11 Å². The van der Waals surface area contributed by atoms with Crippen molar-refractivity contribution < 1.29 is 23.4 Å². The maximum Gasteiger partial charge on any atom is 0.414 e. The second-order valence-electron chi connectivity index (χ2n) is 7.07. The number of ether oxygens (including phenoxy) is 3. The Morgan fingerprint density at radius 1 is 1.40 bits per heavy atom. The Hall–Kier alpha value is -3.14. The maximum absolute atomic E-state index is 14.7. The van der Waals surface area contributed by atoms with Gasteiger partial charge in [-0.15, -0.1) is 0 Å². The average molecular weight is 416 g/mol. The van der Waals surface area contributed by atoms with E-state index in [4.69, 9.17) is 19.7 Å². The van der Waals surface area contributed by atoms with Crippen molar-refractivity contribution in [3.05, 3.63) is 52.4 Å². The third-order valence-electron chi connectivity index (χ3n) is 4.92. The summed E-state index contributed by atoms with van der Waals surface area (Å²) in [6.45, 7) is 1.25. The minimum absolute atomic E-state index is 0.0311. The molecule has 2 aromatic rings. The minimum atomic E-state index is -0.608. The Bertz CT molecular complexity index is 954. The van der Waals surface area contributed by atoms with E-state index in [0.29, 0.717) is 18.9 Å². The highest BCUT2D eigenvalue weighted by atomic mass is 19.1. The second-order valence-corrected chi connectivity index (χ2v) is 7.07. The van der Waals surface area contributed by atoms with Crippen molar-refractivity contribution in [1.82, 2.24) is 9.78 Å². The van der Waals surface area contributed by atoms with Gasteiger partial charge in [0, 0.05) is 23.3 Å². The van der Waals surface area contributed by atoms with E-state index in [9.17, 15) is 9.18 Å². The van der Waals surface area contributed by atoms with Crippen molar-refractivity contribution in [2.75, 3.05) is 24.6 Å². The molecule has 2 aliphatic rings. The smallest absolute Gasteiger partial charge is 0.414 e. The van der Waals surface area contributed by atoms with Crippen LogP contribution in [-0.4, -0.2) is 48.0 Å². The fourth-order valence-corrected chi connectivity index (χ4v) is 3.40. The maximum atomic E-state index is 14.7. The predicted octanol–water partition coefficient (Wildman–Crippen LogP) is 3.69. The van der Waals surface area contributed by atoms with E-state index in [1.165, 1.54) is 15.6 Å². The van der Waals surface area contributed by atoms with Gasteiger partial charge in [0.15, 0.2) is 12.1 Å². The highest BCUT2D eigenvalue weighted by Gasteiger charge is 2.32. The summed E-state index contributed by atoms with van der Waals surface area (Å²) in [7, 11) is 0. The molecule has 2 saturated heterocycles. The fourth-order valence-electron chi connectivity index (χ4n) is 3.40. The second kappa shape index (κ2) is 9.12. The van der Waals surface area contributed by atoms with Crippen LogP contribution in [0.4, 0.5) is 14.9 Å². The van der Waals surface area contributed by atoms with Gasteiger partial charge in [0.05, 0.1) is 31.6 Å². The van der Waals surface area contributed by atoms with Crippen molar-refractivity contribution in [2.24, 2.45) is 5.11 Å². The molecule has 2 fully saturated rings. The minimum Gasteiger partial charge on any atom is -0.444 e. The number of hydrogen-bond acceptors (Lipinski definition) is 6. The largest absolute Gasteiger partial charge is 0.444 e. The molecule has 0 radical (unpaired) electrons. The van der Waals surface area contributed by atoms with E-state index in [0.717, 1.165) is 24.8 Å². The van der Waals surface area contributed by atoms with E-state index in [1.54, 1.807) is 24.5 Å². The Kier molecular flexibility index (Phi) is 6.12. The van der Waals surface area contributed by atoms with E-state index in [2.05, 4.69) is 15.1 Å². The van der Waals surface area contributed by atoms with Crippen LogP contribution in [0.3, 0.4) is 0 Å². The summed E-state index contributed by atoms with van der Waals surface area (Å²) in [5.41, 5.74) is 9.79. The molecule has 11 heteroatoms. The molecule has 158 valence electrons. The quantitative estimate of drug-likeness (QED) is 0.388. The first-order chi connectivity index (χ1) is 14.6. The zero-order valence-corrected chi connectivity index (χ0v) is 16.2. The molecule has 1 aromatic carbocycles. The number of azide groups is 1. The van der Waals surface area contributed by atoms with Gasteiger partial charge in [-0.3, -0.25) is 4.90 Å². The van der Waals surface area contributed by atoms with Crippen LogP contribution in [0.15, 0.2) is 35.7 Å². The van der Waals surface area contributed by atoms with Crippen LogP contribution in [0, 0.1) is 5.82 Å². The lowest BCUT2D eigenvalue weighted by Gasteiger charge is -2.22. The van der Waals surface area contributed by atoms with Gasteiger partial charge in [-0.25, -0.2) is 13.9 Å². The number of nitrogens with zero attached hydrogens (tertiary/aromatic N) is 6. The van der Waals surface area contributed by atoms with Crippen molar-refractivity contribution in [1.29, 1.82) is 0 Å². The molecular weight excluding hydrogens is 395 g/mol. The highest BCUT2D eigenvalue weighted by Crippen LogP contribution is 2.26. The number of benzene rings is 1. The van der Waals surface area contributed by atoms with Gasteiger partial charge >= 0.3 is 6.09 Å². The van der Waals surface area contributed by atoms with Gasteiger partial charge < -0.3 is 14.2 Å². The van der Waals surface area contributed by atoms with Crippen molar-refractivity contribution in [3.8, 4) is 5.69 Å². The van der Waals surface area contributed by atoms with E-state index >= 15 is 0 Å². The molecule has 2 atom stereocenters. The molecule has 3 heterocycles. The molecule has 1 aromatic heterocycles. The molecule has 0 N–H and O–H groups in total. The van der Waals surface area contributed by atoms with Crippen molar-refractivity contribution in [3.63, 3.8) is 0 Å². The Labute approximate surface area is 171 Å². The first kappa shape index (κ1) is 20.1. The highest BCUT2D eigenvalue weighted by molar-refractivity contribution is 5.89. The molecule has 2 aliphatic heterocycles. The van der Waals surface area contributed by atoms with Crippen LogP contribution < -0.4 is 4.90 Å². The summed E-state index contributed by atoms with van der Waals surface area (Å²) >= 11 is 0. The topological polar surface area (TPSA) is 115 Å². The third-order valence-corrected chi connectivity index (χ3v) is 4.92. The Morgan fingerprint density at radius 3 is 3.07 bits per heavy atom. The monoisotopic (exact) mass is 416 g/mol. The summed E-state index contributed by atoms with van der Waals surface area (Å²) in [5.74, 6) is -0.537. The number of halogens is 1. The number of amides is 1. The lowest BCUT2D eigenvalue weighted by Crippen LogP contribution is -2.25. The molecule has 2 unspecified atom stereocenters. The van der Waals surface area contributed by atoms with Gasteiger partial charge in [0.2, 0.25) is 0 Å². The number of carbonyl (C=O) groups excluding carboxylic acids is 1. The predicted molar refractivity (Wildman–Crippen MR) is 104 cm³/mol. The molecular formula is C19H21FN6O4. The summed E-state index contributed by atoms with van der Waals surface area (Å²) in [6, 6.07) is 4.41. The molecule has 0 saturated carbocycles. The fraction of sp³-hybridized carbons (Fsp3) is 0.474. The van der Waals surface area contributed by atoms with Gasteiger partial charge in [0.1, 0.15) is 11.8 Å². The summed E-state index contributed by atoms with van der Waals surface area (Å²) < 4.78 is 32.6. The van der Waals surface area contributed by atoms with Gasteiger partial charge in [-0.2, -0.15) is 5.10 Å². The standard InChI is InChI=1S/C19H21FN6O4/c20-16-7-14(25-11-15(9-22-24-21)30-19(25)27)4-5-17(16)26-10-13(8-23-26)12-29-18-3-1-2-6-28-18/h4-5,7-8,10,15,18H,1-3,6,9,11-12H2. The van der Waals surface area contributed by atoms with Crippen molar-refractivity contribution >= 4 is 11.8 Å². The van der Waals surface area contributed by atoms with E-state index in [1.807, 2.05) is 0 Å². The summed E-state index contributed by atoms with van der Waals surface area (Å²) in [5, 5.41) is 7.61. The molecule has 30 heavy (non-hydrogen) atoms.